The smallest absolute Gasteiger partial charge is 0.143 e. The van der Waals surface area contributed by atoms with Crippen LogP contribution in [0.3, 0.4) is 0 Å². The Kier molecular flexibility index (Phi) is 4.04. The number of tetrazole rings is 1. The van der Waals surface area contributed by atoms with Crippen molar-refractivity contribution in [1.82, 2.24) is 20.2 Å². The van der Waals surface area contributed by atoms with Gasteiger partial charge < -0.3 is 0 Å². The standard InChI is InChI=1S/C20H15ClN4/c21-19-14-8-7-13-18(19)20(25-15-22-23-24-25,16-9-3-1-4-10-16)17-11-5-2-6-12-17/h1-15H. The Bertz CT molecular complexity index is 914. The molecule has 5 heteroatoms. The van der Waals surface area contributed by atoms with E-state index in [1.54, 1.807) is 11.0 Å². The minimum atomic E-state index is -0.760. The van der Waals surface area contributed by atoms with Gasteiger partial charge in [-0.05, 0) is 27.6 Å². The Labute approximate surface area is 150 Å². The van der Waals surface area contributed by atoms with Crippen molar-refractivity contribution in [3.63, 3.8) is 0 Å². The summed E-state index contributed by atoms with van der Waals surface area (Å²) in [6, 6.07) is 28.1. The van der Waals surface area contributed by atoms with Crippen molar-refractivity contribution >= 4 is 11.6 Å². The molecule has 4 nitrogen and oxygen atoms in total. The molecule has 0 bridgehead atoms. The summed E-state index contributed by atoms with van der Waals surface area (Å²) in [5.74, 6) is 0. The number of halogens is 1. The van der Waals surface area contributed by atoms with E-state index >= 15 is 0 Å². The molecule has 0 amide bonds. The number of nitrogens with zero attached hydrogens (tertiary/aromatic N) is 4. The number of hydrogen-bond donors (Lipinski definition) is 0. The number of aromatic nitrogens is 4. The molecule has 4 rings (SSSR count). The topological polar surface area (TPSA) is 43.6 Å². The van der Waals surface area contributed by atoms with Crippen molar-refractivity contribution in [1.29, 1.82) is 0 Å². The molecule has 0 unspecified atom stereocenters. The van der Waals surface area contributed by atoms with E-state index in [-0.39, 0.29) is 0 Å². The van der Waals surface area contributed by atoms with E-state index in [9.17, 15) is 0 Å². The monoisotopic (exact) mass is 346 g/mol. The highest BCUT2D eigenvalue weighted by Crippen LogP contribution is 2.42. The number of rotatable bonds is 4. The van der Waals surface area contributed by atoms with Gasteiger partial charge in [-0.25, -0.2) is 4.68 Å². The Morgan fingerprint density at radius 2 is 1.28 bits per heavy atom. The van der Waals surface area contributed by atoms with Crippen LogP contribution < -0.4 is 0 Å². The summed E-state index contributed by atoms with van der Waals surface area (Å²) >= 11 is 6.64. The third-order valence-corrected chi connectivity index (χ3v) is 4.67. The van der Waals surface area contributed by atoms with Gasteiger partial charge in [-0.2, -0.15) is 0 Å². The average molecular weight is 347 g/mol. The van der Waals surface area contributed by atoms with Crippen LogP contribution in [0, 0.1) is 0 Å². The summed E-state index contributed by atoms with van der Waals surface area (Å²) in [4.78, 5) is 0. The quantitative estimate of drug-likeness (QED) is 0.521. The molecular weight excluding hydrogens is 332 g/mol. The molecule has 0 atom stereocenters. The molecule has 0 spiro atoms. The van der Waals surface area contributed by atoms with Crippen LogP contribution in [0.1, 0.15) is 16.7 Å². The lowest BCUT2D eigenvalue weighted by molar-refractivity contribution is 0.446. The second-order valence-electron chi connectivity index (χ2n) is 5.68. The summed E-state index contributed by atoms with van der Waals surface area (Å²) < 4.78 is 1.76. The normalized spacial score (nSPS) is 11.4. The Balaban J connectivity index is 2.15. The summed E-state index contributed by atoms with van der Waals surface area (Å²) in [7, 11) is 0. The molecule has 0 aliphatic carbocycles. The molecule has 0 fully saturated rings. The van der Waals surface area contributed by atoms with Crippen LogP contribution >= 0.6 is 11.6 Å². The van der Waals surface area contributed by atoms with Gasteiger partial charge >= 0.3 is 0 Å². The van der Waals surface area contributed by atoms with E-state index < -0.39 is 5.54 Å². The predicted octanol–water partition coefficient (Wildman–Crippen LogP) is 4.17. The summed E-state index contributed by atoms with van der Waals surface area (Å²) in [5, 5.41) is 12.7. The Hall–Kier alpha value is -2.98. The second kappa shape index (κ2) is 6.49. The van der Waals surface area contributed by atoms with Crippen LogP contribution in [0.2, 0.25) is 5.02 Å². The first kappa shape index (κ1) is 15.5. The first-order chi connectivity index (χ1) is 12.3. The largest absolute Gasteiger partial charge is 0.213 e. The van der Waals surface area contributed by atoms with E-state index in [2.05, 4.69) is 39.8 Å². The van der Waals surface area contributed by atoms with Gasteiger partial charge in [0.2, 0.25) is 0 Å². The minimum absolute atomic E-state index is 0.658. The highest BCUT2D eigenvalue weighted by molar-refractivity contribution is 6.31. The fourth-order valence-electron chi connectivity index (χ4n) is 3.29. The SMILES string of the molecule is Clc1ccccc1C(c1ccccc1)(c1ccccc1)n1cnnn1. The first-order valence-electron chi connectivity index (χ1n) is 7.93. The van der Waals surface area contributed by atoms with E-state index in [0.29, 0.717) is 5.02 Å². The molecule has 0 saturated carbocycles. The van der Waals surface area contributed by atoms with Crippen molar-refractivity contribution in [2.45, 2.75) is 5.54 Å². The lowest BCUT2D eigenvalue weighted by atomic mass is 9.77. The van der Waals surface area contributed by atoms with E-state index in [1.807, 2.05) is 60.7 Å². The van der Waals surface area contributed by atoms with Gasteiger partial charge in [-0.3, -0.25) is 0 Å². The van der Waals surface area contributed by atoms with Gasteiger partial charge in [0, 0.05) is 10.6 Å². The summed E-state index contributed by atoms with van der Waals surface area (Å²) in [5.41, 5.74) is 2.22. The zero-order valence-electron chi connectivity index (χ0n) is 13.3. The van der Waals surface area contributed by atoms with Crippen LogP contribution in [-0.2, 0) is 5.54 Å². The van der Waals surface area contributed by atoms with Crippen molar-refractivity contribution < 1.29 is 0 Å². The number of hydrogen-bond acceptors (Lipinski definition) is 3. The lowest BCUT2D eigenvalue weighted by Gasteiger charge is -2.35. The molecule has 3 aromatic carbocycles. The molecule has 0 radical (unpaired) electrons. The maximum Gasteiger partial charge on any atom is 0.143 e. The molecule has 122 valence electrons. The zero-order valence-corrected chi connectivity index (χ0v) is 14.1. The summed E-state index contributed by atoms with van der Waals surface area (Å²) in [6.07, 6.45) is 1.63. The van der Waals surface area contributed by atoms with Gasteiger partial charge in [0.15, 0.2) is 0 Å². The predicted molar refractivity (Wildman–Crippen MR) is 97.4 cm³/mol. The molecule has 0 aliphatic rings. The molecule has 1 heterocycles. The molecule has 1 aromatic heterocycles. The zero-order chi connectivity index (χ0) is 17.1. The molecule has 0 N–H and O–H groups in total. The molecular formula is C20H15ClN4. The maximum absolute atomic E-state index is 6.64. The van der Waals surface area contributed by atoms with Gasteiger partial charge in [-0.15, -0.1) is 5.10 Å². The molecule has 25 heavy (non-hydrogen) atoms. The van der Waals surface area contributed by atoms with Gasteiger partial charge in [0.05, 0.1) is 0 Å². The van der Waals surface area contributed by atoms with Crippen LogP contribution in [0.15, 0.2) is 91.3 Å². The third-order valence-electron chi connectivity index (χ3n) is 4.34. The molecule has 0 aliphatic heterocycles. The fraction of sp³-hybridized carbons (Fsp3) is 0.0500. The Morgan fingerprint density at radius 3 is 1.80 bits per heavy atom. The highest BCUT2D eigenvalue weighted by Gasteiger charge is 2.41. The first-order valence-corrected chi connectivity index (χ1v) is 8.31. The van der Waals surface area contributed by atoms with Crippen molar-refractivity contribution in [3.8, 4) is 0 Å². The maximum atomic E-state index is 6.64. The van der Waals surface area contributed by atoms with E-state index in [0.717, 1.165) is 16.7 Å². The van der Waals surface area contributed by atoms with Gasteiger partial charge in [0.1, 0.15) is 11.9 Å². The van der Waals surface area contributed by atoms with E-state index in [4.69, 9.17) is 11.6 Å². The molecule has 0 saturated heterocycles. The average Bonchev–Trinajstić information content (AvgIpc) is 3.21. The third kappa shape index (κ3) is 2.51. The van der Waals surface area contributed by atoms with Crippen LogP contribution in [-0.4, -0.2) is 20.2 Å². The van der Waals surface area contributed by atoms with E-state index in [1.165, 1.54) is 0 Å². The van der Waals surface area contributed by atoms with Crippen molar-refractivity contribution in [2.75, 3.05) is 0 Å². The highest BCUT2D eigenvalue weighted by atomic mass is 35.5. The van der Waals surface area contributed by atoms with Crippen LogP contribution in [0.5, 0.6) is 0 Å². The fourth-order valence-corrected chi connectivity index (χ4v) is 3.57. The van der Waals surface area contributed by atoms with Gasteiger partial charge in [-0.1, -0.05) is 90.5 Å². The minimum Gasteiger partial charge on any atom is -0.213 e. The van der Waals surface area contributed by atoms with Crippen molar-refractivity contribution in [3.05, 3.63) is 113 Å². The van der Waals surface area contributed by atoms with Crippen molar-refractivity contribution in [2.24, 2.45) is 0 Å². The lowest BCUT2D eigenvalue weighted by Crippen LogP contribution is -2.38. The second-order valence-corrected chi connectivity index (χ2v) is 6.08. The summed E-state index contributed by atoms with van der Waals surface area (Å²) in [6.45, 7) is 0. The molecule has 4 aromatic rings. The Morgan fingerprint density at radius 1 is 0.720 bits per heavy atom. The van der Waals surface area contributed by atoms with Crippen LogP contribution in [0.25, 0.3) is 0 Å². The van der Waals surface area contributed by atoms with Crippen LogP contribution in [0.4, 0.5) is 0 Å². The van der Waals surface area contributed by atoms with Gasteiger partial charge in [0.25, 0.3) is 0 Å². The number of benzene rings is 3.